The van der Waals surface area contributed by atoms with Crippen LogP contribution in [0.15, 0.2) is 48.5 Å². The number of esters is 1. The first-order valence-corrected chi connectivity index (χ1v) is 8.30. The second kappa shape index (κ2) is 6.17. The number of anilines is 1. The summed E-state index contributed by atoms with van der Waals surface area (Å²) in [6.45, 7) is 3.73. The van der Waals surface area contributed by atoms with E-state index in [-0.39, 0.29) is 12.2 Å². The highest BCUT2D eigenvalue weighted by Crippen LogP contribution is 2.27. The smallest absolute Gasteiger partial charge is 0.343 e. The largest absolute Gasteiger partial charge is 0.497 e. The van der Waals surface area contributed by atoms with Crippen molar-refractivity contribution in [2.45, 2.75) is 6.23 Å². The van der Waals surface area contributed by atoms with Crippen molar-refractivity contribution in [1.29, 1.82) is 0 Å². The van der Waals surface area contributed by atoms with Crippen LogP contribution in [0.5, 0.6) is 5.75 Å². The molecule has 1 atom stereocenters. The maximum Gasteiger partial charge on any atom is 0.343 e. The van der Waals surface area contributed by atoms with Gasteiger partial charge in [0.05, 0.1) is 44.4 Å². The molecule has 5 nitrogen and oxygen atoms in total. The Labute approximate surface area is 141 Å². The Morgan fingerprint density at radius 1 is 1.12 bits per heavy atom. The van der Waals surface area contributed by atoms with E-state index in [4.69, 9.17) is 9.47 Å². The van der Waals surface area contributed by atoms with Crippen molar-refractivity contribution >= 4 is 11.7 Å². The Morgan fingerprint density at radius 3 is 2.71 bits per heavy atom. The lowest BCUT2D eigenvalue weighted by molar-refractivity contribution is -0.952. The molecule has 4 rings (SSSR count). The van der Waals surface area contributed by atoms with Gasteiger partial charge in [-0.3, -0.25) is 4.90 Å². The van der Waals surface area contributed by atoms with Crippen LogP contribution in [0.4, 0.5) is 5.69 Å². The Morgan fingerprint density at radius 2 is 1.92 bits per heavy atom. The van der Waals surface area contributed by atoms with Crippen LogP contribution in [0.1, 0.15) is 22.1 Å². The van der Waals surface area contributed by atoms with Gasteiger partial charge in [-0.05, 0) is 24.3 Å². The minimum absolute atomic E-state index is 0.166. The monoisotopic (exact) mass is 325 g/mol. The molecule has 0 aromatic heterocycles. The molecule has 124 valence electrons. The van der Waals surface area contributed by atoms with Gasteiger partial charge < -0.3 is 14.4 Å². The molecule has 0 aliphatic carbocycles. The fraction of sp³-hybridized carbons (Fsp3) is 0.316. The molecule has 2 aliphatic heterocycles. The summed E-state index contributed by atoms with van der Waals surface area (Å²) in [6, 6.07) is 15.9. The summed E-state index contributed by atoms with van der Waals surface area (Å²) in [6.07, 6.45) is -0.166. The topological polar surface area (TPSA) is 43.2 Å². The maximum atomic E-state index is 12.0. The van der Waals surface area contributed by atoms with Gasteiger partial charge in [0.1, 0.15) is 5.75 Å². The van der Waals surface area contributed by atoms with E-state index in [0.717, 1.165) is 37.5 Å². The average molecular weight is 325 g/mol. The number of ether oxygens (including phenoxy) is 2. The summed E-state index contributed by atoms with van der Waals surface area (Å²) < 4.78 is 10.9. The second-order valence-corrected chi connectivity index (χ2v) is 6.22. The average Bonchev–Trinajstić information content (AvgIpc) is 2.99. The first kappa shape index (κ1) is 15.0. The molecule has 0 bridgehead atoms. The van der Waals surface area contributed by atoms with Crippen molar-refractivity contribution in [3.8, 4) is 5.75 Å². The van der Waals surface area contributed by atoms with Gasteiger partial charge >= 0.3 is 5.97 Å². The van der Waals surface area contributed by atoms with E-state index in [1.807, 2.05) is 36.4 Å². The van der Waals surface area contributed by atoms with E-state index in [2.05, 4.69) is 17.0 Å². The van der Waals surface area contributed by atoms with Crippen molar-refractivity contribution in [1.82, 2.24) is 0 Å². The number of methoxy groups -OCH3 is 1. The van der Waals surface area contributed by atoms with E-state index in [9.17, 15) is 4.79 Å². The highest BCUT2D eigenvalue weighted by atomic mass is 16.6. The highest BCUT2D eigenvalue weighted by Gasteiger charge is 2.39. The minimum Gasteiger partial charge on any atom is -0.497 e. The van der Waals surface area contributed by atoms with Gasteiger partial charge in [0.25, 0.3) is 6.23 Å². The van der Waals surface area contributed by atoms with Crippen molar-refractivity contribution in [3.63, 3.8) is 0 Å². The van der Waals surface area contributed by atoms with Crippen LogP contribution < -0.4 is 14.5 Å². The summed E-state index contributed by atoms with van der Waals surface area (Å²) in [5.74, 6) is 0.680. The third-order valence-electron chi connectivity index (χ3n) is 4.88. The number of fused-ring (bicyclic) bond motifs is 1. The number of carbonyl (C=O) groups excluding carboxylic acids is 1. The molecule has 2 aromatic rings. The number of rotatable bonds is 3. The first-order chi connectivity index (χ1) is 11.8. The van der Waals surface area contributed by atoms with Crippen molar-refractivity contribution in [2.75, 3.05) is 38.2 Å². The molecule has 2 heterocycles. The fourth-order valence-corrected chi connectivity index (χ4v) is 3.57. The van der Waals surface area contributed by atoms with Gasteiger partial charge in [-0.25, -0.2) is 4.79 Å². The predicted octanol–water partition coefficient (Wildman–Crippen LogP) is 1.27. The van der Waals surface area contributed by atoms with Crippen LogP contribution in [0.2, 0.25) is 0 Å². The zero-order chi connectivity index (χ0) is 16.5. The van der Waals surface area contributed by atoms with E-state index in [1.54, 1.807) is 7.11 Å². The van der Waals surface area contributed by atoms with Crippen molar-refractivity contribution < 1.29 is 19.2 Å². The van der Waals surface area contributed by atoms with Gasteiger partial charge in [-0.2, -0.15) is 0 Å². The normalized spacial score (nSPS) is 20.6. The van der Waals surface area contributed by atoms with Crippen LogP contribution in [0.25, 0.3) is 0 Å². The number of hydrogen-bond donors (Lipinski definition) is 1. The quantitative estimate of drug-likeness (QED) is 0.863. The fourth-order valence-electron chi connectivity index (χ4n) is 3.57. The lowest BCUT2D eigenvalue weighted by atomic mass is 10.1. The number of hydrogen-bond acceptors (Lipinski definition) is 4. The number of carbonyl (C=O) groups is 1. The SMILES string of the molecule is COc1cccc(N2CC[NH+]([C@H]3OC(=O)c4ccccc43)CC2)c1. The molecule has 2 aliphatic rings. The van der Waals surface area contributed by atoms with E-state index >= 15 is 0 Å². The van der Waals surface area contributed by atoms with Gasteiger partial charge in [-0.1, -0.05) is 18.2 Å². The summed E-state index contributed by atoms with van der Waals surface area (Å²) in [5, 5.41) is 0. The van der Waals surface area contributed by atoms with Gasteiger partial charge in [0, 0.05) is 11.8 Å². The Balaban J connectivity index is 1.46. The van der Waals surface area contributed by atoms with E-state index in [0.29, 0.717) is 5.56 Å². The van der Waals surface area contributed by atoms with Crippen LogP contribution in [-0.4, -0.2) is 39.3 Å². The first-order valence-electron chi connectivity index (χ1n) is 8.30. The number of quaternary nitrogens is 1. The van der Waals surface area contributed by atoms with Crippen LogP contribution in [0, 0.1) is 0 Å². The molecular formula is C19H21N2O3+. The summed E-state index contributed by atoms with van der Waals surface area (Å²) in [4.78, 5) is 15.7. The summed E-state index contributed by atoms with van der Waals surface area (Å²) >= 11 is 0. The Kier molecular flexibility index (Phi) is 3.86. The lowest BCUT2D eigenvalue weighted by Crippen LogP contribution is -3.15. The molecule has 1 saturated heterocycles. The Hall–Kier alpha value is -2.53. The maximum absolute atomic E-state index is 12.0. The highest BCUT2D eigenvalue weighted by molar-refractivity contribution is 5.93. The standard InChI is InChI=1S/C19H20N2O3/c1-23-15-6-4-5-14(13-15)20-9-11-21(12-10-20)18-16-7-2-3-8-17(16)19(22)24-18/h2-8,13,18H,9-12H2,1H3/p+1/t18-/m0/s1. The zero-order valence-electron chi connectivity index (χ0n) is 13.7. The molecule has 0 radical (unpaired) electrons. The van der Waals surface area contributed by atoms with Crippen molar-refractivity contribution in [3.05, 3.63) is 59.7 Å². The van der Waals surface area contributed by atoms with Crippen molar-refractivity contribution in [2.24, 2.45) is 0 Å². The van der Waals surface area contributed by atoms with E-state index in [1.165, 1.54) is 10.6 Å². The Bertz CT molecular complexity index is 754. The van der Waals surface area contributed by atoms with Crippen LogP contribution in [-0.2, 0) is 4.74 Å². The minimum atomic E-state index is -0.196. The molecule has 0 saturated carbocycles. The van der Waals surface area contributed by atoms with Gasteiger partial charge in [-0.15, -0.1) is 0 Å². The molecule has 2 aromatic carbocycles. The third-order valence-corrected chi connectivity index (χ3v) is 4.88. The van der Waals surface area contributed by atoms with Crippen LogP contribution in [0.3, 0.4) is 0 Å². The number of cyclic esters (lactones) is 1. The van der Waals surface area contributed by atoms with Crippen LogP contribution >= 0.6 is 0 Å². The lowest BCUT2D eigenvalue weighted by Gasteiger charge is -2.35. The number of nitrogens with zero attached hydrogens (tertiary/aromatic N) is 1. The number of nitrogens with one attached hydrogen (secondary N) is 1. The molecule has 5 heteroatoms. The molecule has 0 amide bonds. The van der Waals surface area contributed by atoms with Gasteiger partial charge in [0.15, 0.2) is 0 Å². The molecular weight excluding hydrogens is 304 g/mol. The predicted molar refractivity (Wildman–Crippen MR) is 90.5 cm³/mol. The molecule has 1 fully saturated rings. The van der Waals surface area contributed by atoms with Gasteiger partial charge in [0.2, 0.25) is 0 Å². The molecule has 0 unspecified atom stereocenters. The zero-order valence-corrected chi connectivity index (χ0v) is 13.7. The third kappa shape index (κ3) is 2.61. The number of benzene rings is 2. The molecule has 0 spiro atoms. The number of piperazine rings is 1. The molecule has 24 heavy (non-hydrogen) atoms. The second-order valence-electron chi connectivity index (χ2n) is 6.22. The summed E-state index contributed by atoms with van der Waals surface area (Å²) in [7, 11) is 1.69. The molecule has 1 N–H and O–H groups in total. The summed E-state index contributed by atoms with van der Waals surface area (Å²) in [5.41, 5.74) is 2.91. The van der Waals surface area contributed by atoms with E-state index < -0.39 is 0 Å².